The lowest BCUT2D eigenvalue weighted by atomic mass is 10.1. The molecule has 7 nitrogen and oxygen atoms in total. The van der Waals surface area contributed by atoms with Crippen LogP contribution in [-0.2, 0) is 9.59 Å². The van der Waals surface area contributed by atoms with Gasteiger partial charge in [-0.25, -0.2) is 5.84 Å². The molecule has 7 heteroatoms. The molecule has 24 heavy (non-hydrogen) atoms. The third kappa shape index (κ3) is 4.79. The van der Waals surface area contributed by atoms with Crippen LogP contribution in [0.5, 0.6) is 0 Å². The highest BCUT2D eigenvalue weighted by molar-refractivity contribution is 5.94. The Labute approximate surface area is 141 Å². The van der Waals surface area contributed by atoms with Gasteiger partial charge in [0.1, 0.15) is 0 Å². The molecule has 0 saturated carbocycles. The molecule has 1 saturated heterocycles. The van der Waals surface area contributed by atoms with Crippen LogP contribution in [0.4, 0.5) is 0 Å². The Morgan fingerprint density at radius 1 is 1.00 bits per heavy atom. The first-order valence-corrected chi connectivity index (χ1v) is 8.14. The number of piperazine rings is 1. The first-order valence-electron chi connectivity index (χ1n) is 8.14. The van der Waals surface area contributed by atoms with E-state index in [2.05, 4.69) is 0 Å². The number of nitrogens with one attached hydrogen (secondary N) is 1. The molecule has 1 aromatic rings. The SMILES string of the molecule is Cc1ccc(C(=O)N2CCN(C(=O)CCCC(=O)NN)CC2)cc1. The summed E-state index contributed by atoms with van der Waals surface area (Å²) in [7, 11) is 0. The van der Waals surface area contributed by atoms with Gasteiger partial charge < -0.3 is 9.80 Å². The number of hydrazine groups is 1. The fourth-order valence-corrected chi connectivity index (χ4v) is 2.67. The van der Waals surface area contributed by atoms with E-state index in [4.69, 9.17) is 5.84 Å². The summed E-state index contributed by atoms with van der Waals surface area (Å²) in [5.74, 6) is 4.75. The first kappa shape index (κ1) is 17.9. The fourth-order valence-electron chi connectivity index (χ4n) is 2.67. The van der Waals surface area contributed by atoms with Crippen LogP contribution in [0.3, 0.4) is 0 Å². The van der Waals surface area contributed by atoms with Crippen LogP contribution in [0.25, 0.3) is 0 Å². The number of carbonyl (C=O) groups is 3. The molecule has 0 radical (unpaired) electrons. The Balaban J connectivity index is 1.78. The van der Waals surface area contributed by atoms with Crippen molar-refractivity contribution in [3.05, 3.63) is 35.4 Å². The molecule has 1 fully saturated rings. The fraction of sp³-hybridized carbons (Fsp3) is 0.471. The van der Waals surface area contributed by atoms with Crippen LogP contribution in [0.15, 0.2) is 24.3 Å². The van der Waals surface area contributed by atoms with Crippen molar-refractivity contribution in [1.29, 1.82) is 0 Å². The lowest BCUT2D eigenvalue weighted by Gasteiger charge is -2.35. The molecule has 130 valence electrons. The molecule has 0 aliphatic carbocycles. The summed E-state index contributed by atoms with van der Waals surface area (Å²) in [6.07, 6.45) is 1.04. The predicted octanol–water partition coefficient (Wildman–Crippen LogP) is 0.440. The average molecular weight is 332 g/mol. The molecule has 0 unspecified atom stereocenters. The molecule has 1 heterocycles. The van der Waals surface area contributed by atoms with Gasteiger partial charge in [-0.05, 0) is 25.5 Å². The molecule has 1 aromatic carbocycles. The average Bonchev–Trinajstić information content (AvgIpc) is 2.61. The second-order valence-corrected chi connectivity index (χ2v) is 5.96. The quantitative estimate of drug-likeness (QED) is 0.465. The normalized spacial score (nSPS) is 14.4. The number of rotatable bonds is 5. The number of amides is 3. The van der Waals surface area contributed by atoms with E-state index in [1.807, 2.05) is 36.6 Å². The molecule has 2 rings (SSSR count). The zero-order valence-electron chi connectivity index (χ0n) is 14.0. The van der Waals surface area contributed by atoms with Crippen molar-refractivity contribution >= 4 is 17.7 Å². The molecule has 0 atom stereocenters. The van der Waals surface area contributed by atoms with Crippen LogP contribution < -0.4 is 11.3 Å². The topological polar surface area (TPSA) is 95.7 Å². The molecule has 0 spiro atoms. The van der Waals surface area contributed by atoms with Gasteiger partial charge in [0.25, 0.3) is 5.91 Å². The van der Waals surface area contributed by atoms with Crippen LogP contribution in [0, 0.1) is 6.92 Å². The van der Waals surface area contributed by atoms with Crippen molar-refractivity contribution in [2.75, 3.05) is 26.2 Å². The van der Waals surface area contributed by atoms with Crippen molar-refractivity contribution in [1.82, 2.24) is 15.2 Å². The number of hydrogen-bond acceptors (Lipinski definition) is 4. The van der Waals surface area contributed by atoms with Gasteiger partial charge >= 0.3 is 0 Å². The van der Waals surface area contributed by atoms with Crippen molar-refractivity contribution in [2.45, 2.75) is 26.2 Å². The lowest BCUT2D eigenvalue weighted by Crippen LogP contribution is -2.50. The number of nitrogens with zero attached hydrogens (tertiary/aromatic N) is 2. The summed E-state index contributed by atoms with van der Waals surface area (Å²) in [5.41, 5.74) is 3.84. The van der Waals surface area contributed by atoms with Gasteiger partial charge in [-0.1, -0.05) is 17.7 Å². The first-order chi connectivity index (χ1) is 11.5. The second kappa shape index (κ2) is 8.44. The van der Waals surface area contributed by atoms with E-state index in [0.717, 1.165) is 5.56 Å². The van der Waals surface area contributed by atoms with Gasteiger partial charge in [0.15, 0.2) is 0 Å². The number of aryl methyl sites for hydroxylation is 1. The highest BCUT2D eigenvalue weighted by Crippen LogP contribution is 2.11. The van der Waals surface area contributed by atoms with E-state index in [1.54, 1.807) is 9.80 Å². The zero-order valence-corrected chi connectivity index (χ0v) is 14.0. The van der Waals surface area contributed by atoms with Crippen molar-refractivity contribution in [2.24, 2.45) is 5.84 Å². The Morgan fingerprint density at radius 3 is 2.17 bits per heavy atom. The Kier molecular flexibility index (Phi) is 6.31. The maximum atomic E-state index is 12.4. The molecule has 0 bridgehead atoms. The van der Waals surface area contributed by atoms with E-state index >= 15 is 0 Å². The van der Waals surface area contributed by atoms with Crippen molar-refractivity contribution in [3.8, 4) is 0 Å². The maximum Gasteiger partial charge on any atom is 0.253 e. The van der Waals surface area contributed by atoms with E-state index in [9.17, 15) is 14.4 Å². The largest absolute Gasteiger partial charge is 0.339 e. The van der Waals surface area contributed by atoms with Crippen LogP contribution in [0.1, 0.15) is 35.2 Å². The zero-order chi connectivity index (χ0) is 17.5. The minimum Gasteiger partial charge on any atom is -0.339 e. The van der Waals surface area contributed by atoms with Gasteiger partial charge in [0, 0.05) is 44.6 Å². The molecule has 0 aromatic heterocycles. The van der Waals surface area contributed by atoms with Gasteiger partial charge in [0.2, 0.25) is 11.8 Å². The molecule has 1 aliphatic rings. The Morgan fingerprint density at radius 2 is 1.58 bits per heavy atom. The van der Waals surface area contributed by atoms with Crippen LogP contribution in [-0.4, -0.2) is 53.7 Å². The monoisotopic (exact) mass is 332 g/mol. The molecule has 3 N–H and O–H groups in total. The Hall–Kier alpha value is -2.41. The van der Waals surface area contributed by atoms with Gasteiger partial charge in [-0.2, -0.15) is 0 Å². The molecule has 3 amide bonds. The summed E-state index contributed by atoms with van der Waals surface area (Å²) >= 11 is 0. The molecule has 1 aliphatic heterocycles. The maximum absolute atomic E-state index is 12.4. The molecular formula is C17H24N4O3. The number of benzene rings is 1. The highest BCUT2D eigenvalue weighted by atomic mass is 16.2. The van der Waals surface area contributed by atoms with Crippen LogP contribution in [0.2, 0.25) is 0 Å². The van der Waals surface area contributed by atoms with E-state index in [-0.39, 0.29) is 24.1 Å². The third-order valence-corrected chi connectivity index (χ3v) is 4.17. The summed E-state index contributed by atoms with van der Waals surface area (Å²) in [5, 5.41) is 0. The van der Waals surface area contributed by atoms with Crippen LogP contribution >= 0.6 is 0 Å². The summed E-state index contributed by atoms with van der Waals surface area (Å²) in [6.45, 7) is 4.10. The number of nitrogens with two attached hydrogens (primary N) is 1. The third-order valence-electron chi connectivity index (χ3n) is 4.17. The Bertz CT molecular complexity index is 592. The summed E-state index contributed by atoms with van der Waals surface area (Å²) < 4.78 is 0. The standard InChI is InChI=1S/C17H24N4O3/c1-13-5-7-14(8-6-13)17(24)21-11-9-20(10-12-21)16(23)4-2-3-15(22)19-18/h5-8H,2-4,9-12,18H2,1H3,(H,19,22). The van der Waals surface area contributed by atoms with E-state index in [1.165, 1.54) is 0 Å². The van der Waals surface area contributed by atoms with Gasteiger partial charge in [-0.15, -0.1) is 0 Å². The van der Waals surface area contributed by atoms with Crippen molar-refractivity contribution in [3.63, 3.8) is 0 Å². The molecular weight excluding hydrogens is 308 g/mol. The predicted molar refractivity (Wildman–Crippen MR) is 89.8 cm³/mol. The summed E-state index contributed by atoms with van der Waals surface area (Å²) in [4.78, 5) is 39.1. The minimum atomic E-state index is -0.267. The lowest BCUT2D eigenvalue weighted by molar-refractivity contribution is -0.132. The summed E-state index contributed by atoms with van der Waals surface area (Å²) in [6, 6.07) is 7.50. The minimum absolute atomic E-state index is 0.00159. The van der Waals surface area contributed by atoms with Crippen molar-refractivity contribution < 1.29 is 14.4 Å². The van der Waals surface area contributed by atoms with Gasteiger partial charge in [0.05, 0.1) is 0 Å². The number of carbonyl (C=O) groups excluding carboxylic acids is 3. The smallest absolute Gasteiger partial charge is 0.253 e. The van der Waals surface area contributed by atoms with Gasteiger partial charge in [-0.3, -0.25) is 19.8 Å². The highest BCUT2D eigenvalue weighted by Gasteiger charge is 2.24. The number of hydrogen-bond donors (Lipinski definition) is 2. The van der Waals surface area contributed by atoms with E-state index < -0.39 is 0 Å². The second-order valence-electron chi connectivity index (χ2n) is 5.96. The van der Waals surface area contributed by atoms with E-state index in [0.29, 0.717) is 44.6 Å².